The van der Waals surface area contributed by atoms with Crippen molar-refractivity contribution in [1.82, 2.24) is 9.13 Å². The molecule has 33 heavy (non-hydrogen) atoms. The van der Waals surface area contributed by atoms with Gasteiger partial charge in [-0.05, 0) is 81.0 Å². The van der Waals surface area contributed by atoms with Crippen LogP contribution in [-0.2, 0) is 14.1 Å². The topological polar surface area (TPSA) is 57.4 Å². The molecule has 0 saturated carbocycles. The van der Waals surface area contributed by atoms with Crippen LogP contribution >= 0.6 is 22.7 Å². The second kappa shape index (κ2) is 9.11. The zero-order valence-corrected chi connectivity index (χ0v) is 20.9. The van der Waals surface area contributed by atoms with Crippen LogP contribution in [0.1, 0.15) is 30.8 Å². The second-order valence-corrected chi connectivity index (χ2v) is 10.2. The highest BCUT2D eigenvalue weighted by Gasteiger charge is 2.16. The molecule has 4 rings (SSSR count). The molecule has 164 valence electrons. The summed E-state index contributed by atoms with van der Waals surface area (Å²) in [6.07, 6.45) is 3.83. The minimum atomic E-state index is 0.693. The van der Waals surface area contributed by atoms with Crippen LogP contribution in [0.3, 0.4) is 0 Å². The highest BCUT2D eigenvalue weighted by Crippen LogP contribution is 2.43. The van der Waals surface area contributed by atoms with Gasteiger partial charge in [-0.3, -0.25) is 0 Å². The fourth-order valence-corrected chi connectivity index (χ4v) is 6.27. The van der Waals surface area contributed by atoms with E-state index in [-0.39, 0.29) is 0 Å². The normalized spacial score (nSPS) is 12.1. The summed E-state index contributed by atoms with van der Waals surface area (Å²) in [5.41, 5.74) is 6.98. The molecule has 0 fully saturated rings. The van der Waals surface area contributed by atoms with Crippen LogP contribution in [0.15, 0.2) is 53.6 Å². The van der Waals surface area contributed by atoms with E-state index in [1.54, 1.807) is 22.7 Å². The van der Waals surface area contributed by atoms with E-state index >= 15 is 0 Å². The predicted octanol–water partition coefficient (Wildman–Crippen LogP) is 7.65. The lowest BCUT2D eigenvalue weighted by molar-refractivity contribution is 0.925. The first kappa shape index (κ1) is 22.6. The Morgan fingerprint density at radius 2 is 1.27 bits per heavy atom. The third kappa shape index (κ3) is 4.36. The summed E-state index contributed by atoms with van der Waals surface area (Å²) in [4.78, 5) is 4.95. The molecule has 0 aromatic carbocycles. The Bertz CT molecular complexity index is 1490. The Morgan fingerprint density at radius 1 is 0.758 bits per heavy atom. The van der Waals surface area contributed by atoms with Gasteiger partial charge in [-0.25, -0.2) is 0 Å². The summed E-state index contributed by atoms with van der Waals surface area (Å²) in [6.45, 7) is 5.81. The lowest BCUT2D eigenvalue weighted by Gasteiger charge is -2.03. The molecule has 0 aliphatic carbocycles. The van der Waals surface area contributed by atoms with Gasteiger partial charge in [0.1, 0.15) is 0 Å². The largest absolute Gasteiger partial charge is 0.343 e. The fourth-order valence-electron chi connectivity index (χ4n) is 3.80. The molecular weight excluding hydrogens is 444 g/mol. The number of nitriles is 2. The Morgan fingerprint density at radius 3 is 1.82 bits per heavy atom. The molecule has 6 heteroatoms. The molecule has 0 saturated heterocycles. The number of rotatable bonds is 5. The standard InChI is InChI=1S/C27H24N4S2/c1-17(15-28)12-20-6-8-22(30(20)4)24-10-11-25(32-24)27-19(3)14-26(33-27)23-9-7-21(31(23)5)13-18(2)16-29/h6-14H,1-5H3/b17-12-,18-13-. The van der Waals surface area contributed by atoms with Crippen molar-refractivity contribution in [2.24, 2.45) is 14.1 Å². The highest BCUT2D eigenvalue weighted by atomic mass is 32.1. The highest BCUT2D eigenvalue weighted by molar-refractivity contribution is 7.25. The number of allylic oxidation sites excluding steroid dienone is 2. The number of hydrogen-bond acceptors (Lipinski definition) is 4. The summed E-state index contributed by atoms with van der Waals surface area (Å²) in [7, 11) is 4.08. The Kier molecular flexibility index (Phi) is 6.24. The molecular formula is C27H24N4S2. The van der Waals surface area contributed by atoms with Crippen LogP contribution in [0.4, 0.5) is 0 Å². The molecule has 4 aromatic heterocycles. The molecule has 4 heterocycles. The summed E-state index contributed by atoms with van der Waals surface area (Å²) in [5.74, 6) is 0. The van der Waals surface area contributed by atoms with Gasteiger partial charge in [0.2, 0.25) is 0 Å². The van der Waals surface area contributed by atoms with Crippen molar-refractivity contribution in [1.29, 1.82) is 10.5 Å². The molecule has 4 nitrogen and oxygen atoms in total. The average Bonchev–Trinajstić information content (AvgIpc) is 3.57. The number of thiophene rings is 2. The van der Waals surface area contributed by atoms with Crippen molar-refractivity contribution >= 4 is 34.8 Å². The molecule has 0 atom stereocenters. The smallest absolute Gasteiger partial charge is 0.0944 e. The summed E-state index contributed by atoms with van der Waals surface area (Å²) >= 11 is 3.58. The molecule has 4 aromatic rings. The number of nitrogens with zero attached hydrogens (tertiary/aromatic N) is 4. The van der Waals surface area contributed by atoms with Crippen molar-refractivity contribution in [2.45, 2.75) is 20.8 Å². The van der Waals surface area contributed by atoms with Crippen molar-refractivity contribution in [3.05, 3.63) is 70.6 Å². The SMILES string of the molecule is C/C(C#N)=C/c1ccc(-c2ccc(-c3sc(-c4ccc(/C=C(/C)C#N)n4C)cc3C)s2)n1C. The van der Waals surface area contributed by atoms with Crippen LogP contribution in [0.25, 0.3) is 43.0 Å². The van der Waals surface area contributed by atoms with Crippen molar-refractivity contribution < 1.29 is 0 Å². The van der Waals surface area contributed by atoms with Gasteiger partial charge in [0.05, 0.1) is 33.3 Å². The minimum absolute atomic E-state index is 0.693. The van der Waals surface area contributed by atoms with Gasteiger partial charge in [-0.15, -0.1) is 22.7 Å². The maximum absolute atomic E-state index is 9.09. The van der Waals surface area contributed by atoms with Crippen LogP contribution in [0, 0.1) is 29.6 Å². The number of aromatic nitrogens is 2. The average molecular weight is 469 g/mol. The maximum atomic E-state index is 9.09. The lowest BCUT2D eigenvalue weighted by atomic mass is 10.2. The monoisotopic (exact) mass is 468 g/mol. The Labute approximate surface area is 202 Å². The molecule has 0 amide bonds. The molecule has 0 aliphatic rings. The predicted molar refractivity (Wildman–Crippen MR) is 140 cm³/mol. The second-order valence-electron chi connectivity index (χ2n) is 8.07. The molecule has 0 bridgehead atoms. The molecule has 0 unspecified atom stereocenters. The van der Waals surface area contributed by atoms with Gasteiger partial charge in [0.25, 0.3) is 0 Å². The first-order valence-electron chi connectivity index (χ1n) is 10.5. The number of aryl methyl sites for hydroxylation is 1. The van der Waals surface area contributed by atoms with Gasteiger partial charge in [-0.2, -0.15) is 10.5 Å². The Hall–Kier alpha value is -3.58. The van der Waals surface area contributed by atoms with E-state index < -0.39 is 0 Å². The van der Waals surface area contributed by atoms with Crippen LogP contribution < -0.4 is 0 Å². The van der Waals surface area contributed by atoms with E-state index in [2.05, 4.69) is 70.7 Å². The third-order valence-corrected chi connectivity index (χ3v) is 8.20. The van der Waals surface area contributed by atoms with Gasteiger partial charge in [0, 0.05) is 46.4 Å². The first-order valence-corrected chi connectivity index (χ1v) is 12.1. The summed E-state index contributed by atoms with van der Waals surface area (Å²) in [6, 6.07) is 19.3. The van der Waals surface area contributed by atoms with E-state index in [1.165, 1.54) is 25.1 Å². The molecule has 0 radical (unpaired) electrons. The zero-order chi connectivity index (χ0) is 23.7. The summed E-state index contributed by atoms with van der Waals surface area (Å²) < 4.78 is 4.27. The quantitative estimate of drug-likeness (QED) is 0.282. The van der Waals surface area contributed by atoms with E-state index in [1.807, 2.05) is 40.1 Å². The van der Waals surface area contributed by atoms with Crippen molar-refractivity contribution in [3.63, 3.8) is 0 Å². The Balaban J connectivity index is 1.67. The van der Waals surface area contributed by atoms with Crippen molar-refractivity contribution in [2.75, 3.05) is 0 Å². The van der Waals surface area contributed by atoms with E-state index in [0.717, 1.165) is 22.8 Å². The van der Waals surface area contributed by atoms with E-state index in [4.69, 9.17) is 10.5 Å². The van der Waals surface area contributed by atoms with Crippen LogP contribution in [-0.4, -0.2) is 9.13 Å². The minimum Gasteiger partial charge on any atom is -0.343 e. The van der Waals surface area contributed by atoms with Crippen LogP contribution in [0.2, 0.25) is 0 Å². The van der Waals surface area contributed by atoms with E-state index in [0.29, 0.717) is 11.1 Å². The van der Waals surface area contributed by atoms with Gasteiger partial charge >= 0.3 is 0 Å². The first-order chi connectivity index (χ1) is 15.8. The zero-order valence-electron chi connectivity index (χ0n) is 19.3. The molecule has 0 N–H and O–H groups in total. The maximum Gasteiger partial charge on any atom is 0.0944 e. The lowest BCUT2D eigenvalue weighted by Crippen LogP contribution is -1.93. The van der Waals surface area contributed by atoms with Crippen molar-refractivity contribution in [3.8, 4) is 43.0 Å². The van der Waals surface area contributed by atoms with E-state index in [9.17, 15) is 0 Å². The molecule has 0 aliphatic heterocycles. The molecule has 0 spiro atoms. The van der Waals surface area contributed by atoms with Crippen LogP contribution in [0.5, 0.6) is 0 Å². The van der Waals surface area contributed by atoms with Gasteiger partial charge in [0.15, 0.2) is 0 Å². The van der Waals surface area contributed by atoms with Gasteiger partial charge in [-0.1, -0.05) is 0 Å². The fraction of sp³-hybridized carbons (Fsp3) is 0.185. The third-order valence-electron chi connectivity index (χ3n) is 5.66. The van der Waals surface area contributed by atoms with Gasteiger partial charge < -0.3 is 9.13 Å². The number of hydrogen-bond donors (Lipinski definition) is 0. The summed E-state index contributed by atoms with van der Waals surface area (Å²) in [5, 5.41) is 18.2.